The third-order valence-corrected chi connectivity index (χ3v) is 6.75. The molecule has 1 aromatic heterocycles. The Kier molecular flexibility index (Phi) is 6.55. The molecule has 0 aromatic carbocycles. The van der Waals surface area contributed by atoms with Gasteiger partial charge in [-0.2, -0.15) is 0 Å². The number of nitrogens with two attached hydrogens (primary N) is 1. The highest BCUT2D eigenvalue weighted by atomic mass is 35.5. The number of halogens is 1. The van der Waals surface area contributed by atoms with Crippen LogP contribution in [0, 0.1) is 0 Å². The van der Waals surface area contributed by atoms with E-state index in [4.69, 9.17) is 26.8 Å². The highest BCUT2D eigenvalue weighted by Gasteiger charge is 2.55. The molecule has 1 fully saturated rings. The van der Waals surface area contributed by atoms with Gasteiger partial charge in [-0.25, -0.2) is 9.78 Å². The maximum absolute atomic E-state index is 12.6. The maximum atomic E-state index is 12.6. The average Bonchev–Trinajstić information content (AvgIpc) is 2.99. The summed E-state index contributed by atoms with van der Waals surface area (Å²) in [5.74, 6) is -3.00. The summed E-state index contributed by atoms with van der Waals surface area (Å²) in [6.45, 7) is 1.16. The second kappa shape index (κ2) is 8.79. The fourth-order valence-electron chi connectivity index (χ4n) is 3.07. The molecule has 2 aliphatic rings. The van der Waals surface area contributed by atoms with Gasteiger partial charge in [-0.3, -0.25) is 19.3 Å². The Labute approximate surface area is 183 Å². The Hall–Kier alpha value is -2.35. The maximum Gasteiger partial charge on any atom is 0.352 e. The summed E-state index contributed by atoms with van der Waals surface area (Å²) in [5.41, 5.74) is 5.67. The number of carbonyl (C=O) groups is 4. The Bertz CT molecular complexity index is 950. The van der Waals surface area contributed by atoms with Crippen molar-refractivity contribution in [1.29, 1.82) is 0 Å². The summed E-state index contributed by atoms with van der Waals surface area (Å²) in [5, 5.41) is 11.8. The lowest BCUT2D eigenvalue weighted by molar-refractivity contribution is -0.165. The molecule has 11 nitrogen and oxygen atoms in total. The zero-order chi connectivity index (χ0) is 22.2. The lowest BCUT2D eigenvalue weighted by atomic mass is 10.0. The minimum absolute atomic E-state index is 0.128. The number of carboxylic acids is 1. The van der Waals surface area contributed by atoms with Crippen LogP contribution in [0.25, 0.3) is 0 Å². The van der Waals surface area contributed by atoms with Gasteiger partial charge in [-0.1, -0.05) is 22.9 Å². The van der Waals surface area contributed by atoms with Gasteiger partial charge in [0, 0.05) is 25.4 Å². The summed E-state index contributed by atoms with van der Waals surface area (Å²) in [4.78, 5) is 53.1. The number of carboxylic acid groups (broad SMARTS) is 1. The third-order valence-electron chi connectivity index (χ3n) is 4.28. The fourth-order valence-corrected chi connectivity index (χ4v) is 5.35. The zero-order valence-electron chi connectivity index (χ0n) is 15.7. The summed E-state index contributed by atoms with van der Waals surface area (Å²) >= 11 is 8.21. The number of esters is 1. The van der Waals surface area contributed by atoms with Crippen LogP contribution in [0.5, 0.6) is 0 Å². The van der Waals surface area contributed by atoms with Crippen molar-refractivity contribution in [3.8, 4) is 0 Å². The number of amides is 2. The van der Waals surface area contributed by atoms with E-state index in [-0.39, 0.29) is 32.9 Å². The molecule has 0 bridgehead atoms. The number of thiazole rings is 1. The smallest absolute Gasteiger partial charge is 0.352 e. The van der Waals surface area contributed by atoms with Crippen molar-refractivity contribution in [3.05, 3.63) is 21.3 Å². The Morgan fingerprint density at radius 3 is 2.70 bits per heavy atom. The molecule has 162 valence electrons. The van der Waals surface area contributed by atoms with Gasteiger partial charge in [0.05, 0.1) is 12.1 Å². The molecule has 3 rings (SSSR count). The second-order valence-corrected chi connectivity index (χ2v) is 9.00. The second-order valence-electron chi connectivity index (χ2n) is 6.26. The van der Waals surface area contributed by atoms with E-state index in [1.807, 2.05) is 0 Å². The van der Waals surface area contributed by atoms with Gasteiger partial charge in [0.15, 0.2) is 5.13 Å². The molecule has 0 radical (unpaired) electrons. The standard InChI is InChI=1S/C16H17ClN4O7S2/c1-5(22)28-15(27-2)6-4-29-13-9(12(24)21(13)10(6)14(25)26)20-8(23)3-7-11(17)30-16(18)19-7/h9,13,15H,3-4H2,1-2H3,(H2,18,19)(H,20,23)(H,25,26)/t9-,13-,15?/m1/s1. The first-order valence-electron chi connectivity index (χ1n) is 8.45. The van der Waals surface area contributed by atoms with E-state index >= 15 is 0 Å². The Morgan fingerprint density at radius 2 is 2.17 bits per heavy atom. The number of hydrogen-bond donors (Lipinski definition) is 3. The van der Waals surface area contributed by atoms with E-state index in [1.165, 1.54) is 18.9 Å². The first-order chi connectivity index (χ1) is 14.1. The van der Waals surface area contributed by atoms with Crippen molar-refractivity contribution >= 4 is 63.6 Å². The number of hydrogen-bond acceptors (Lipinski definition) is 10. The van der Waals surface area contributed by atoms with Crippen LogP contribution in [0.1, 0.15) is 12.6 Å². The third kappa shape index (κ3) is 4.24. The number of nitrogen functional groups attached to an aromatic ring is 1. The molecule has 30 heavy (non-hydrogen) atoms. The molecule has 1 aromatic rings. The Balaban J connectivity index is 1.75. The van der Waals surface area contributed by atoms with Crippen LogP contribution in [0.15, 0.2) is 11.3 Å². The number of nitrogens with zero attached hydrogens (tertiary/aromatic N) is 2. The SMILES string of the molecule is COC(OC(C)=O)C1=C(C(=O)O)N2C(=O)[C@@H](NC(=O)Cc3nc(N)sc3Cl)[C@H]2SC1. The van der Waals surface area contributed by atoms with E-state index < -0.39 is 41.5 Å². The quantitative estimate of drug-likeness (QED) is 0.281. The molecule has 4 N–H and O–H groups in total. The predicted molar refractivity (Wildman–Crippen MR) is 107 cm³/mol. The van der Waals surface area contributed by atoms with E-state index in [1.54, 1.807) is 0 Å². The van der Waals surface area contributed by atoms with Gasteiger partial charge < -0.3 is 25.6 Å². The normalized spacial score (nSPS) is 21.6. The van der Waals surface area contributed by atoms with Crippen LogP contribution in [0.3, 0.4) is 0 Å². The van der Waals surface area contributed by atoms with Crippen molar-refractivity contribution in [1.82, 2.24) is 15.2 Å². The minimum Gasteiger partial charge on any atom is -0.477 e. The number of anilines is 1. The average molecular weight is 477 g/mol. The molecule has 0 spiro atoms. The van der Waals surface area contributed by atoms with Gasteiger partial charge in [-0.05, 0) is 0 Å². The first kappa shape index (κ1) is 22.3. The van der Waals surface area contributed by atoms with Gasteiger partial charge in [0.2, 0.25) is 12.2 Å². The van der Waals surface area contributed by atoms with Gasteiger partial charge in [0.25, 0.3) is 5.91 Å². The molecule has 0 saturated carbocycles. The molecule has 3 atom stereocenters. The van der Waals surface area contributed by atoms with Crippen LogP contribution < -0.4 is 11.1 Å². The largest absolute Gasteiger partial charge is 0.477 e. The lowest BCUT2D eigenvalue weighted by Gasteiger charge is -2.49. The van der Waals surface area contributed by atoms with Crippen molar-refractivity contribution in [2.75, 3.05) is 18.6 Å². The number of nitrogens with one attached hydrogen (secondary N) is 1. The number of carbonyl (C=O) groups excluding carboxylic acids is 3. The first-order valence-corrected chi connectivity index (χ1v) is 10.7. The summed E-state index contributed by atoms with van der Waals surface area (Å²) in [6.07, 6.45) is -1.40. The number of thioether (sulfide) groups is 1. The van der Waals surface area contributed by atoms with E-state index in [9.17, 15) is 24.3 Å². The number of aliphatic carboxylic acids is 1. The summed E-state index contributed by atoms with van der Waals surface area (Å²) in [6, 6.07) is -0.914. The topological polar surface area (TPSA) is 161 Å². The molecule has 0 aliphatic carbocycles. The molecular weight excluding hydrogens is 460 g/mol. The van der Waals surface area contributed by atoms with Crippen LogP contribution in [-0.4, -0.2) is 69.3 Å². The number of ether oxygens (including phenoxy) is 2. The molecule has 2 amide bonds. The highest BCUT2D eigenvalue weighted by molar-refractivity contribution is 8.00. The number of β-lactam (4-membered cyclic amide) rings is 1. The van der Waals surface area contributed by atoms with Crippen LogP contribution in [0.4, 0.5) is 5.13 Å². The lowest BCUT2D eigenvalue weighted by Crippen LogP contribution is -2.71. The minimum atomic E-state index is -1.37. The fraction of sp³-hybridized carbons (Fsp3) is 0.438. The molecular formula is C16H17ClN4O7S2. The molecule has 2 aliphatic heterocycles. The summed E-state index contributed by atoms with van der Waals surface area (Å²) in [7, 11) is 1.26. The Morgan fingerprint density at radius 1 is 1.47 bits per heavy atom. The van der Waals surface area contributed by atoms with Crippen LogP contribution >= 0.6 is 34.7 Å². The molecule has 14 heteroatoms. The van der Waals surface area contributed by atoms with Crippen LogP contribution in [0.2, 0.25) is 4.34 Å². The van der Waals surface area contributed by atoms with Gasteiger partial charge in [-0.15, -0.1) is 11.8 Å². The number of rotatable bonds is 7. The van der Waals surface area contributed by atoms with Gasteiger partial charge in [0.1, 0.15) is 21.4 Å². The molecule has 1 saturated heterocycles. The summed E-state index contributed by atoms with van der Waals surface area (Å²) < 4.78 is 10.4. The zero-order valence-corrected chi connectivity index (χ0v) is 18.1. The predicted octanol–water partition coefficient (Wildman–Crippen LogP) is 0.195. The van der Waals surface area contributed by atoms with Crippen molar-refractivity contribution in [2.45, 2.75) is 31.1 Å². The molecule has 3 heterocycles. The monoisotopic (exact) mass is 476 g/mol. The number of aromatic nitrogens is 1. The van der Waals surface area contributed by atoms with E-state index in [0.717, 1.165) is 23.2 Å². The van der Waals surface area contributed by atoms with Crippen molar-refractivity contribution in [3.63, 3.8) is 0 Å². The highest BCUT2D eigenvalue weighted by Crippen LogP contribution is 2.41. The van der Waals surface area contributed by atoms with Crippen LogP contribution in [-0.2, 0) is 35.1 Å². The van der Waals surface area contributed by atoms with Crippen molar-refractivity contribution in [2.24, 2.45) is 0 Å². The van der Waals surface area contributed by atoms with E-state index in [0.29, 0.717) is 5.69 Å². The molecule has 1 unspecified atom stereocenters. The number of methoxy groups -OCH3 is 1. The van der Waals surface area contributed by atoms with E-state index in [2.05, 4.69) is 10.3 Å². The van der Waals surface area contributed by atoms with Gasteiger partial charge >= 0.3 is 11.9 Å². The number of fused-ring (bicyclic) bond motifs is 1. The van der Waals surface area contributed by atoms with Crippen molar-refractivity contribution < 1.29 is 33.8 Å².